The highest BCUT2D eigenvalue weighted by Gasteiger charge is 2.15. The minimum atomic E-state index is -0.207. The zero-order chi connectivity index (χ0) is 14.0. The average molecular weight is 278 g/mol. The third-order valence-corrected chi connectivity index (χ3v) is 3.46. The third kappa shape index (κ3) is 3.14. The van der Waals surface area contributed by atoms with E-state index in [9.17, 15) is 4.39 Å². The summed E-state index contributed by atoms with van der Waals surface area (Å²) in [5.74, 6) is -0.207. The summed E-state index contributed by atoms with van der Waals surface area (Å²) in [5.41, 5.74) is 4.04. The number of nitrogens with one attached hydrogen (secondary N) is 1. The maximum absolute atomic E-state index is 13.6. The van der Waals surface area contributed by atoms with Gasteiger partial charge in [0.25, 0.3) is 0 Å². The maximum Gasteiger partial charge on any atom is 0.123 e. The average Bonchev–Trinajstić information content (AvgIpc) is 2.31. The van der Waals surface area contributed by atoms with Gasteiger partial charge >= 0.3 is 0 Å². The molecule has 0 heterocycles. The summed E-state index contributed by atoms with van der Waals surface area (Å²) in [6, 6.07) is 10.8. The van der Waals surface area contributed by atoms with E-state index >= 15 is 0 Å². The van der Waals surface area contributed by atoms with Crippen LogP contribution in [0.4, 0.5) is 4.39 Å². The summed E-state index contributed by atoms with van der Waals surface area (Å²) >= 11 is 5.98. The van der Waals surface area contributed by atoms with E-state index in [2.05, 4.69) is 5.32 Å². The molecule has 0 saturated heterocycles. The van der Waals surface area contributed by atoms with Crippen LogP contribution in [0.25, 0.3) is 0 Å². The van der Waals surface area contributed by atoms with Crippen LogP contribution in [0.3, 0.4) is 0 Å². The van der Waals surface area contributed by atoms with E-state index in [1.807, 2.05) is 45.2 Å². The second-order valence-corrected chi connectivity index (χ2v) is 5.22. The van der Waals surface area contributed by atoms with Crippen molar-refractivity contribution in [3.05, 3.63) is 69.5 Å². The summed E-state index contributed by atoms with van der Waals surface area (Å²) in [4.78, 5) is 0. The van der Waals surface area contributed by atoms with Gasteiger partial charge in [-0.25, -0.2) is 4.39 Å². The van der Waals surface area contributed by atoms with E-state index in [0.717, 1.165) is 22.3 Å². The Bertz CT molecular complexity index is 575. The first kappa shape index (κ1) is 14.0. The second-order valence-electron chi connectivity index (χ2n) is 4.78. The van der Waals surface area contributed by atoms with Crippen molar-refractivity contribution in [2.24, 2.45) is 0 Å². The van der Waals surface area contributed by atoms with Gasteiger partial charge in [0.2, 0.25) is 0 Å². The van der Waals surface area contributed by atoms with Crippen molar-refractivity contribution in [3.63, 3.8) is 0 Å². The predicted molar refractivity (Wildman–Crippen MR) is 78.2 cm³/mol. The molecule has 2 rings (SSSR count). The molecule has 1 atom stereocenters. The first-order valence-corrected chi connectivity index (χ1v) is 6.59. The lowest BCUT2D eigenvalue weighted by atomic mass is 9.94. The van der Waals surface area contributed by atoms with Crippen LogP contribution in [-0.2, 0) is 0 Å². The first-order chi connectivity index (χ1) is 9.01. The molecule has 0 aliphatic carbocycles. The Morgan fingerprint density at radius 1 is 1.11 bits per heavy atom. The number of benzene rings is 2. The highest BCUT2D eigenvalue weighted by Crippen LogP contribution is 2.27. The molecule has 0 amide bonds. The lowest BCUT2D eigenvalue weighted by Gasteiger charge is -2.20. The van der Waals surface area contributed by atoms with Crippen molar-refractivity contribution < 1.29 is 4.39 Å². The minimum absolute atomic E-state index is 0.0355. The molecule has 19 heavy (non-hydrogen) atoms. The Morgan fingerprint density at radius 2 is 1.84 bits per heavy atom. The largest absolute Gasteiger partial charge is 0.309 e. The molecule has 0 fully saturated rings. The Labute approximate surface area is 118 Å². The molecule has 0 aromatic heterocycles. The highest BCUT2D eigenvalue weighted by atomic mass is 35.5. The van der Waals surface area contributed by atoms with Crippen LogP contribution in [0.2, 0.25) is 5.02 Å². The van der Waals surface area contributed by atoms with Crippen LogP contribution in [0.5, 0.6) is 0 Å². The van der Waals surface area contributed by atoms with Gasteiger partial charge in [-0.3, -0.25) is 0 Å². The molecule has 0 aliphatic heterocycles. The number of rotatable bonds is 3. The van der Waals surface area contributed by atoms with Crippen molar-refractivity contribution in [1.82, 2.24) is 5.32 Å². The summed E-state index contributed by atoms with van der Waals surface area (Å²) in [6.45, 7) is 3.91. The molecule has 0 radical (unpaired) electrons. The Hall–Kier alpha value is -1.38. The van der Waals surface area contributed by atoms with Gasteiger partial charge < -0.3 is 5.32 Å². The fraction of sp³-hybridized carbons (Fsp3) is 0.250. The van der Waals surface area contributed by atoms with Gasteiger partial charge in [0.05, 0.1) is 6.04 Å². The quantitative estimate of drug-likeness (QED) is 0.876. The molecule has 1 nitrogen and oxygen atoms in total. The monoisotopic (exact) mass is 277 g/mol. The predicted octanol–water partition coefficient (Wildman–Crippen LogP) is 4.40. The summed E-state index contributed by atoms with van der Waals surface area (Å²) in [6.07, 6.45) is 0. The molecule has 0 aliphatic rings. The molecule has 3 heteroatoms. The molecule has 0 saturated carbocycles. The van der Waals surface area contributed by atoms with Crippen LogP contribution in [0.1, 0.15) is 28.3 Å². The van der Waals surface area contributed by atoms with Gasteiger partial charge in [0.1, 0.15) is 5.82 Å². The van der Waals surface area contributed by atoms with Crippen LogP contribution in [0, 0.1) is 19.7 Å². The van der Waals surface area contributed by atoms with E-state index < -0.39 is 0 Å². The number of aryl methyl sites for hydroxylation is 2. The maximum atomic E-state index is 13.6. The SMILES string of the molecule is CNC(c1cc(C)cc(F)c1)c1ccc(Cl)cc1C. The summed E-state index contributed by atoms with van der Waals surface area (Å²) in [5, 5.41) is 3.95. The first-order valence-electron chi connectivity index (χ1n) is 6.21. The lowest BCUT2D eigenvalue weighted by Crippen LogP contribution is -2.19. The standard InChI is InChI=1S/C16H17ClFN/c1-10-6-12(9-14(18)7-10)16(19-3)15-5-4-13(17)8-11(15)2/h4-9,16,19H,1-3H3. The lowest BCUT2D eigenvalue weighted by molar-refractivity contribution is 0.614. The van der Waals surface area contributed by atoms with E-state index in [1.165, 1.54) is 6.07 Å². The van der Waals surface area contributed by atoms with E-state index in [1.54, 1.807) is 6.07 Å². The van der Waals surface area contributed by atoms with Crippen molar-refractivity contribution in [1.29, 1.82) is 0 Å². The molecule has 1 N–H and O–H groups in total. The second kappa shape index (κ2) is 5.72. The number of hydrogen-bond donors (Lipinski definition) is 1. The number of halogens is 2. The van der Waals surface area contributed by atoms with Gasteiger partial charge in [0, 0.05) is 5.02 Å². The van der Waals surface area contributed by atoms with Crippen molar-refractivity contribution in [2.45, 2.75) is 19.9 Å². The van der Waals surface area contributed by atoms with Gasteiger partial charge in [-0.15, -0.1) is 0 Å². The molecular formula is C16H17ClFN. The molecule has 2 aromatic carbocycles. The molecule has 0 spiro atoms. The Balaban J connectivity index is 2.49. The normalized spacial score (nSPS) is 12.5. The molecular weight excluding hydrogens is 261 g/mol. The fourth-order valence-electron chi connectivity index (χ4n) is 2.40. The smallest absolute Gasteiger partial charge is 0.123 e. The Kier molecular flexibility index (Phi) is 4.23. The summed E-state index contributed by atoms with van der Waals surface area (Å²) in [7, 11) is 1.87. The van der Waals surface area contributed by atoms with Gasteiger partial charge in [-0.1, -0.05) is 23.7 Å². The van der Waals surface area contributed by atoms with E-state index in [-0.39, 0.29) is 11.9 Å². The zero-order valence-electron chi connectivity index (χ0n) is 11.3. The fourth-order valence-corrected chi connectivity index (χ4v) is 2.62. The number of hydrogen-bond acceptors (Lipinski definition) is 1. The van der Waals surface area contributed by atoms with E-state index in [4.69, 9.17) is 11.6 Å². The highest BCUT2D eigenvalue weighted by molar-refractivity contribution is 6.30. The van der Waals surface area contributed by atoms with Crippen molar-refractivity contribution in [3.8, 4) is 0 Å². The third-order valence-electron chi connectivity index (χ3n) is 3.23. The molecule has 100 valence electrons. The van der Waals surface area contributed by atoms with Crippen LogP contribution in [-0.4, -0.2) is 7.05 Å². The van der Waals surface area contributed by atoms with Crippen molar-refractivity contribution >= 4 is 11.6 Å². The van der Waals surface area contributed by atoms with E-state index in [0.29, 0.717) is 5.02 Å². The van der Waals surface area contributed by atoms with Crippen molar-refractivity contribution in [2.75, 3.05) is 7.05 Å². The van der Waals surface area contributed by atoms with Gasteiger partial charge in [-0.2, -0.15) is 0 Å². The van der Waals surface area contributed by atoms with Gasteiger partial charge in [0.15, 0.2) is 0 Å². The molecule has 0 bridgehead atoms. The minimum Gasteiger partial charge on any atom is -0.309 e. The van der Waals surface area contributed by atoms with Crippen LogP contribution >= 0.6 is 11.6 Å². The van der Waals surface area contributed by atoms with Crippen LogP contribution in [0.15, 0.2) is 36.4 Å². The summed E-state index contributed by atoms with van der Waals surface area (Å²) < 4.78 is 13.6. The van der Waals surface area contributed by atoms with Gasteiger partial charge in [-0.05, 0) is 67.4 Å². The Morgan fingerprint density at radius 3 is 2.42 bits per heavy atom. The van der Waals surface area contributed by atoms with Crippen LogP contribution < -0.4 is 5.32 Å². The molecule has 1 unspecified atom stereocenters. The topological polar surface area (TPSA) is 12.0 Å². The molecule has 2 aromatic rings. The zero-order valence-corrected chi connectivity index (χ0v) is 12.1.